The van der Waals surface area contributed by atoms with Crippen molar-refractivity contribution in [1.29, 1.82) is 5.26 Å². The lowest BCUT2D eigenvalue weighted by atomic mass is 10.00. The summed E-state index contributed by atoms with van der Waals surface area (Å²) in [6, 6.07) is 1.33. The number of halogens is 2. The number of carboxylic acids is 1. The minimum absolute atomic E-state index is 0.297. The Hall–Kier alpha value is -1.34. The predicted octanol–water partition coefficient (Wildman–Crippen LogP) is -0.500. The SMILES string of the molecule is N#C[C@@H]1CC[C@@H](NOC(F)(F)C(=O)O)CN1CCN. The maximum Gasteiger partial charge on any atom is 0.471 e. The third-order valence-corrected chi connectivity index (χ3v) is 2.85. The Morgan fingerprint density at radius 3 is 2.84 bits per heavy atom. The van der Waals surface area contributed by atoms with Crippen LogP contribution in [0.2, 0.25) is 0 Å². The maximum atomic E-state index is 12.7. The second-order valence-corrected chi connectivity index (χ2v) is 4.24. The normalized spacial score (nSPS) is 24.9. The minimum atomic E-state index is -4.27. The summed E-state index contributed by atoms with van der Waals surface area (Å²) < 4.78 is 25.4. The zero-order valence-electron chi connectivity index (χ0n) is 10.2. The molecule has 1 rings (SSSR count). The molecule has 0 bridgehead atoms. The van der Waals surface area contributed by atoms with Crippen LogP contribution >= 0.6 is 0 Å². The molecule has 0 aromatic carbocycles. The van der Waals surface area contributed by atoms with E-state index in [1.807, 2.05) is 0 Å². The summed E-state index contributed by atoms with van der Waals surface area (Å²) in [6.45, 7) is 1.11. The number of rotatable bonds is 6. The maximum absolute atomic E-state index is 12.7. The Kier molecular flexibility index (Phi) is 5.56. The van der Waals surface area contributed by atoms with Gasteiger partial charge in [-0.05, 0) is 12.8 Å². The first-order valence-electron chi connectivity index (χ1n) is 5.79. The summed E-state index contributed by atoms with van der Waals surface area (Å²) >= 11 is 0. The number of carbonyl (C=O) groups is 1. The van der Waals surface area contributed by atoms with E-state index in [9.17, 15) is 13.6 Å². The van der Waals surface area contributed by atoms with E-state index >= 15 is 0 Å². The number of nitrogens with two attached hydrogens (primary N) is 1. The van der Waals surface area contributed by atoms with Gasteiger partial charge >= 0.3 is 12.1 Å². The van der Waals surface area contributed by atoms with Crippen molar-refractivity contribution in [3.05, 3.63) is 0 Å². The Morgan fingerprint density at radius 2 is 2.32 bits per heavy atom. The van der Waals surface area contributed by atoms with Crippen LogP contribution < -0.4 is 11.2 Å². The quantitative estimate of drug-likeness (QED) is 0.561. The monoisotopic (exact) mass is 278 g/mol. The minimum Gasteiger partial charge on any atom is -0.475 e. The second kappa shape index (κ2) is 6.72. The number of nitrogens with one attached hydrogen (secondary N) is 1. The zero-order valence-corrected chi connectivity index (χ0v) is 10.2. The molecule has 108 valence electrons. The van der Waals surface area contributed by atoms with Crippen molar-refractivity contribution in [2.45, 2.75) is 31.0 Å². The van der Waals surface area contributed by atoms with E-state index in [4.69, 9.17) is 16.1 Å². The molecule has 0 aromatic heterocycles. The molecule has 0 aromatic rings. The van der Waals surface area contributed by atoms with E-state index in [1.54, 1.807) is 4.90 Å². The Balaban J connectivity index is 2.49. The van der Waals surface area contributed by atoms with Crippen LogP contribution in [0.15, 0.2) is 0 Å². The van der Waals surface area contributed by atoms with Crippen LogP contribution in [-0.4, -0.2) is 53.8 Å². The first kappa shape index (κ1) is 15.7. The van der Waals surface area contributed by atoms with Gasteiger partial charge < -0.3 is 10.8 Å². The van der Waals surface area contributed by atoms with Crippen LogP contribution in [0.3, 0.4) is 0 Å². The molecule has 1 aliphatic rings. The summed E-state index contributed by atoms with van der Waals surface area (Å²) in [5.74, 6) is -2.36. The number of hydroxylamine groups is 1. The number of aliphatic carboxylic acids is 1. The number of carboxylic acid groups (broad SMARTS) is 1. The topological polar surface area (TPSA) is 112 Å². The van der Waals surface area contributed by atoms with Crippen molar-refractivity contribution in [2.24, 2.45) is 5.73 Å². The van der Waals surface area contributed by atoms with Crippen LogP contribution in [0, 0.1) is 11.3 Å². The van der Waals surface area contributed by atoms with Crippen molar-refractivity contribution in [3.8, 4) is 6.07 Å². The van der Waals surface area contributed by atoms with Gasteiger partial charge in [-0.2, -0.15) is 19.5 Å². The number of piperidine rings is 1. The van der Waals surface area contributed by atoms with Crippen LogP contribution in [0.4, 0.5) is 8.78 Å². The highest BCUT2D eigenvalue weighted by Crippen LogP contribution is 2.19. The van der Waals surface area contributed by atoms with Gasteiger partial charge in [-0.25, -0.2) is 9.63 Å². The average molecular weight is 278 g/mol. The van der Waals surface area contributed by atoms with Crippen molar-refractivity contribution in [1.82, 2.24) is 10.4 Å². The molecule has 4 N–H and O–H groups in total. The lowest BCUT2D eigenvalue weighted by Crippen LogP contribution is -2.53. The third kappa shape index (κ3) is 4.36. The molecule has 9 heteroatoms. The van der Waals surface area contributed by atoms with Crippen LogP contribution in [-0.2, 0) is 9.63 Å². The van der Waals surface area contributed by atoms with E-state index in [2.05, 4.69) is 16.4 Å². The predicted molar refractivity (Wildman–Crippen MR) is 59.9 cm³/mol. The fourth-order valence-corrected chi connectivity index (χ4v) is 1.90. The molecule has 2 atom stereocenters. The largest absolute Gasteiger partial charge is 0.475 e. The summed E-state index contributed by atoms with van der Waals surface area (Å²) in [5, 5.41) is 17.1. The van der Waals surface area contributed by atoms with Crippen molar-refractivity contribution < 1.29 is 23.5 Å². The van der Waals surface area contributed by atoms with E-state index in [1.165, 1.54) is 0 Å². The van der Waals surface area contributed by atoms with Gasteiger partial charge in [0.15, 0.2) is 0 Å². The molecule has 19 heavy (non-hydrogen) atoms. The van der Waals surface area contributed by atoms with E-state index in [0.717, 1.165) is 0 Å². The Morgan fingerprint density at radius 1 is 1.63 bits per heavy atom. The first-order chi connectivity index (χ1) is 8.90. The molecule has 1 heterocycles. The Labute approximate surface area is 108 Å². The smallest absolute Gasteiger partial charge is 0.471 e. The van der Waals surface area contributed by atoms with Crippen molar-refractivity contribution in [3.63, 3.8) is 0 Å². The van der Waals surface area contributed by atoms with E-state index < -0.39 is 18.1 Å². The van der Waals surface area contributed by atoms with Gasteiger partial charge in [-0.1, -0.05) is 0 Å². The summed E-state index contributed by atoms with van der Waals surface area (Å²) in [4.78, 5) is 15.8. The molecule has 0 saturated carbocycles. The van der Waals surface area contributed by atoms with Crippen LogP contribution in [0.1, 0.15) is 12.8 Å². The van der Waals surface area contributed by atoms with Crippen LogP contribution in [0.25, 0.3) is 0 Å². The number of hydrogen-bond acceptors (Lipinski definition) is 6. The van der Waals surface area contributed by atoms with Gasteiger partial charge in [0, 0.05) is 25.7 Å². The number of nitrogens with zero attached hydrogens (tertiary/aromatic N) is 2. The highest BCUT2D eigenvalue weighted by molar-refractivity contribution is 5.73. The third-order valence-electron chi connectivity index (χ3n) is 2.85. The van der Waals surface area contributed by atoms with E-state index in [0.29, 0.717) is 32.5 Å². The highest BCUT2D eigenvalue weighted by Gasteiger charge is 2.42. The van der Waals surface area contributed by atoms with Gasteiger partial charge in [-0.3, -0.25) is 4.90 Å². The summed E-state index contributed by atoms with van der Waals surface area (Å²) in [6.07, 6.45) is -3.35. The standard InChI is InChI=1S/C10H16F2N4O3/c11-10(12,9(17)18)19-15-7-1-2-8(5-14)16(6-7)4-3-13/h7-8,15H,1-4,6,13H2,(H,17,18)/t7-,8+/m1/s1. The highest BCUT2D eigenvalue weighted by atomic mass is 19.3. The van der Waals surface area contributed by atoms with Crippen LogP contribution in [0.5, 0.6) is 0 Å². The van der Waals surface area contributed by atoms with Gasteiger partial charge in [0.25, 0.3) is 0 Å². The Bertz CT molecular complexity index is 361. The fourth-order valence-electron chi connectivity index (χ4n) is 1.90. The average Bonchev–Trinajstić information content (AvgIpc) is 2.37. The molecular weight excluding hydrogens is 262 g/mol. The molecular formula is C10H16F2N4O3. The number of hydrogen-bond donors (Lipinski definition) is 3. The molecule has 1 saturated heterocycles. The molecule has 1 fully saturated rings. The number of likely N-dealkylation sites (tertiary alicyclic amines) is 1. The molecule has 0 aliphatic carbocycles. The van der Waals surface area contributed by atoms with E-state index in [-0.39, 0.29) is 6.04 Å². The number of nitriles is 1. The molecule has 0 radical (unpaired) electrons. The lowest BCUT2D eigenvalue weighted by Gasteiger charge is -2.36. The molecule has 7 nitrogen and oxygen atoms in total. The van der Waals surface area contributed by atoms with Crippen molar-refractivity contribution in [2.75, 3.05) is 19.6 Å². The van der Waals surface area contributed by atoms with Gasteiger partial charge in [0.05, 0.1) is 12.1 Å². The fraction of sp³-hybridized carbons (Fsp3) is 0.800. The molecule has 1 aliphatic heterocycles. The van der Waals surface area contributed by atoms with Gasteiger partial charge in [0.2, 0.25) is 0 Å². The van der Waals surface area contributed by atoms with Gasteiger partial charge in [0.1, 0.15) is 0 Å². The lowest BCUT2D eigenvalue weighted by molar-refractivity contribution is -0.275. The molecule has 0 amide bonds. The summed E-state index contributed by atoms with van der Waals surface area (Å²) in [7, 11) is 0. The van der Waals surface area contributed by atoms with Gasteiger partial charge in [-0.15, -0.1) is 0 Å². The first-order valence-corrected chi connectivity index (χ1v) is 5.79. The molecule has 0 spiro atoms. The number of alkyl halides is 2. The second-order valence-electron chi connectivity index (χ2n) is 4.24. The molecule has 0 unspecified atom stereocenters. The summed E-state index contributed by atoms with van der Waals surface area (Å²) in [5.41, 5.74) is 7.46. The van der Waals surface area contributed by atoms with Crippen molar-refractivity contribution >= 4 is 5.97 Å². The zero-order chi connectivity index (χ0) is 14.5.